The van der Waals surface area contributed by atoms with E-state index in [4.69, 9.17) is 9.72 Å². The Morgan fingerprint density at radius 1 is 1.03 bits per heavy atom. The van der Waals surface area contributed by atoms with Crippen LogP contribution in [0.25, 0.3) is 10.6 Å². The first-order valence-corrected chi connectivity index (χ1v) is 12.2. The van der Waals surface area contributed by atoms with Gasteiger partial charge in [-0.2, -0.15) is 0 Å². The number of ether oxygens (including phenoxy) is 1. The van der Waals surface area contributed by atoms with Gasteiger partial charge in [-0.25, -0.2) is 9.37 Å². The zero-order chi connectivity index (χ0) is 24.6. The SMILES string of the molecule is Cc1sc(-c2ccccc2)nc1CCOc1ccc(C[C@H](NCc2ccc(F)cc2)C(=O)O)cc1. The van der Waals surface area contributed by atoms with Crippen molar-refractivity contribution in [2.24, 2.45) is 0 Å². The number of hydrogen-bond donors (Lipinski definition) is 2. The predicted molar refractivity (Wildman–Crippen MR) is 136 cm³/mol. The lowest BCUT2D eigenvalue weighted by Crippen LogP contribution is -2.38. The molecule has 0 saturated heterocycles. The van der Waals surface area contributed by atoms with Crippen molar-refractivity contribution >= 4 is 17.3 Å². The van der Waals surface area contributed by atoms with Gasteiger partial charge in [-0.05, 0) is 48.7 Å². The third-order valence-electron chi connectivity index (χ3n) is 5.65. The highest BCUT2D eigenvalue weighted by Gasteiger charge is 2.17. The molecule has 4 rings (SSSR count). The normalized spacial score (nSPS) is 11.8. The first kappa shape index (κ1) is 24.6. The van der Waals surface area contributed by atoms with E-state index in [0.717, 1.165) is 33.1 Å². The minimum absolute atomic E-state index is 0.315. The molecule has 0 bridgehead atoms. The molecule has 0 aliphatic heterocycles. The summed E-state index contributed by atoms with van der Waals surface area (Å²) in [6.45, 7) is 2.94. The van der Waals surface area contributed by atoms with Gasteiger partial charge in [0, 0.05) is 23.4 Å². The number of halogens is 1. The van der Waals surface area contributed by atoms with Crippen LogP contribution < -0.4 is 10.1 Å². The minimum Gasteiger partial charge on any atom is -0.493 e. The maximum absolute atomic E-state index is 13.1. The molecule has 0 aliphatic carbocycles. The van der Waals surface area contributed by atoms with Gasteiger partial charge in [-0.3, -0.25) is 4.79 Å². The summed E-state index contributed by atoms with van der Waals surface area (Å²) < 4.78 is 19.0. The summed E-state index contributed by atoms with van der Waals surface area (Å²) in [6, 6.07) is 22.9. The molecule has 4 aromatic rings. The molecule has 0 aliphatic rings. The van der Waals surface area contributed by atoms with Crippen LogP contribution in [0.2, 0.25) is 0 Å². The van der Waals surface area contributed by atoms with Crippen molar-refractivity contribution in [3.63, 3.8) is 0 Å². The van der Waals surface area contributed by atoms with Crippen molar-refractivity contribution in [3.8, 4) is 16.3 Å². The zero-order valence-electron chi connectivity index (χ0n) is 19.4. The van der Waals surface area contributed by atoms with Gasteiger partial charge in [0.15, 0.2) is 0 Å². The van der Waals surface area contributed by atoms with Crippen molar-refractivity contribution in [2.45, 2.75) is 32.4 Å². The number of benzene rings is 3. The second-order valence-corrected chi connectivity index (χ2v) is 9.44. The molecule has 0 fully saturated rings. The van der Waals surface area contributed by atoms with Crippen LogP contribution in [-0.2, 0) is 24.2 Å². The monoisotopic (exact) mass is 490 g/mol. The average Bonchev–Trinajstić information content (AvgIpc) is 3.24. The summed E-state index contributed by atoms with van der Waals surface area (Å²) in [7, 11) is 0. The minimum atomic E-state index is -0.930. The Morgan fingerprint density at radius 3 is 2.40 bits per heavy atom. The fourth-order valence-electron chi connectivity index (χ4n) is 3.68. The van der Waals surface area contributed by atoms with Crippen molar-refractivity contribution < 1.29 is 19.0 Å². The summed E-state index contributed by atoms with van der Waals surface area (Å²) in [5, 5.41) is 13.6. The van der Waals surface area contributed by atoms with Gasteiger partial charge >= 0.3 is 5.97 Å². The van der Waals surface area contributed by atoms with Crippen LogP contribution in [0.3, 0.4) is 0 Å². The molecule has 0 amide bonds. The number of carboxylic acids is 1. The number of carbonyl (C=O) groups is 1. The molecule has 1 aromatic heterocycles. The molecular weight excluding hydrogens is 463 g/mol. The number of nitrogens with zero attached hydrogens (tertiary/aromatic N) is 1. The van der Waals surface area contributed by atoms with E-state index in [9.17, 15) is 14.3 Å². The van der Waals surface area contributed by atoms with Crippen LogP contribution in [-0.4, -0.2) is 28.7 Å². The average molecular weight is 491 g/mol. The predicted octanol–water partition coefficient (Wildman–Crippen LogP) is 5.66. The van der Waals surface area contributed by atoms with Gasteiger partial charge < -0.3 is 15.2 Å². The van der Waals surface area contributed by atoms with E-state index in [2.05, 4.69) is 24.4 Å². The highest BCUT2D eigenvalue weighted by molar-refractivity contribution is 7.15. The standard InChI is InChI=1S/C28H27FN2O3S/c1-19-25(31-27(35-19)22-5-3-2-4-6-22)15-16-34-24-13-9-20(10-14-24)17-26(28(32)33)30-18-21-7-11-23(29)12-8-21/h2-14,26,30H,15-18H2,1H3,(H,32,33)/t26-/m0/s1. The van der Waals surface area contributed by atoms with Gasteiger partial charge in [-0.15, -0.1) is 11.3 Å². The number of thiazole rings is 1. The Kier molecular flexibility index (Phi) is 8.23. The lowest BCUT2D eigenvalue weighted by molar-refractivity contribution is -0.139. The second kappa shape index (κ2) is 11.7. The molecule has 0 saturated carbocycles. The zero-order valence-corrected chi connectivity index (χ0v) is 20.2. The van der Waals surface area contributed by atoms with Gasteiger partial charge in [0.1, 0.15) is 22.6 Å². The Bertz CT molecular complexity index is 1240. The quantitative estimate of drug-likeness (QED) is 0.284. The second-order valence-electron chi connectivity index (χ2n) is 8.23. The van der Waals surface area contributed by atoms with E-state index in [1.807, 2.05) is 42.5 Å². The van der Waals surface area contributed by atoms with Crippen LogP contribution in [0.15, 0.2) is 78.9 Å². The highest BCUT2D eigenvalue weighted by Crippen LogP contribution is 2.27. The molecule has 35 heavy (non-hydrogen) atoms. The van der Waals surface area contributed by atoms with E-state index in [0.29, 0.717) is 26.0 Å². The molecule has 180 valence electrons. The highest BCUT2D eigenvalue weighted by atomic mass is 32.1. The largest absolute Gasteiger partial charge is 0.493 e. The topological polar surface area (TPSA) is 71.5 Å². The molecule has 0 spiro atoms. The first-order valence-electron chi connectivity index (χ1n) is 11.4. The van der Waals surface area contributed by atoms with Gasteiger partial charge in [-0.1, -0.05) is 54.6 Å². The number of rotatable bonds is 11. The molecule has 1 atom stereocenters. The Balaban J connectivity index is 1.28. The molecule has 0 radical (unpaired) electrons. The van der Waals surface area contributed by atoms with E-state index in [1.165, 1.54) is 17.0 Å². The summed E-state index contributed by atoms with van der Waals surface area (Å²) in [5.41, 5.74) is 3.88. The molecule has 7 heteroatoms. The van der Waals surface area contributed by atoms with Crippen molar-refractivity contribution in [2.75, 3.05) is 6.61 Å². The van der Waals surface area contributed by atoms with Crippen molar-refractivity contribution in [1.82, 2.24) is 10.3 Å². The molecular formula is C28H27FN2O3S. The number of carboxylic acid groups (broad SMARTS) is 1. The lowest BCUT2D eigenvalue weighted by atomic mass is 10.1. The first-order chi connectivity index (χ1) is 17.0. The molecule has 1 heterocycles. The Labute approximate surface area is 208 Å². The number of nitrogens with one attached hydrogen (secondary N) is 1. The van der Waals surface area contributed by atoms with Crippen LogP contribution in [0.1, 0.15) is 21.7 Å². The summed E-state index contributed by atoms with van der Waals surface area (Å²) in [6.07, 6.45) is 1.04. The smallest absolute Gasteiger partial charge is 0.321 e. The fourth-order valence-corrected chi connectivity index (χ4v) is 4.64. The third kappa shape index (κ3) is 6.97. The maximum atomic E-state index is 13.1. The molecule has 5 nitrogen and oxygen atoms in total. The van der Waals surface area contributed by atoms with Crippen LogP contribution >= 0.6 is 11.3 Å². The van der Waals surface area contributed by atoms with E-state index in [1.54, 1.807) is 23.5 Å². The number of aryl methyl sites for hydroxylation is 1. The summed E-state index contributed by atoms with van der Waals surface area (Å²) in [5.74, 6) is -0.512. The van der Waals surface area contributed by atoms with Crippen molar-refractivity contribution in [1.29, 1.82) is 0 Å². The summed E-state index contributed by atoms with van der Waals surface area (Å²) in [4.78, 5) is 17.7. The van der Waals surface area contributed by atoms with E-state index >= 15 is 0 Å². The van der Waals surface area contributed by atoms with Gasteiger partial charge in [0.05, 0.1) is 12.3 Å². The fraction of sp³-hybridized carbons (Fsp3) is 0.214. The third-order valence-corrected chi connectivity index (χ3v) is 6.71. The van der Waals surface area contributed by atoms with E-state index < -0.39 is 12.0 Å². The number of aliphatic carboxylic acids is 1. The van der Waals surface area contributed by atoms with Gasteiger partial charge in [0.2, 0.25) is 0 Å². The van der Waals surface area contributed by atoms with E-state index in [-0.39, 0.29) is 5.82 Å². The van der Waals surface area contributed by atoms with Gasteiger partial charge in [0.25, 0.3) is 0 Å². The Morgan fingerprint density at radius 2 is 1.71 bits per heavy atom. The van der Waals surface area contributed by atoms with Crippen molar-refractivity contribution in [3.05, 3.63) is 106 Å². The van der Waals surface area contributed by atoms with Crippen LogP contribution in [0.4, 0.5) is 4.39 Å². The molecule has 2 N–H and O–H groups in total. The molecule has 0 unspecified atom stereocenters. The van der Waals surface area contributed by atoms with Crippen LogP contribution in [0.5, 0.6) is 5.75 Å². The summed E-state index contributed by atoms with van der Waals surface area (Å²) >= 11 is 1.69. The molecule has 3 aromatic carbocycles. The number of hydrogen-bond acceptors (Lipinski definition) is 5. The lowest BCUT2D eigenvalue weighted by Gasteiger charge is -2.15. The van der Waals surface area contributed by atoms with Crippen LogP contribution in [0, 0.1) is 12.7 Å². The number of aromatic nitrogens is 1. The maximum Gasteiger partial charge on any atom is 0.321 e. The Hall–Kier alpha value is -3.55.